The Kier molecular flexibility index (Phi) is 5.73. The number of carboxylic acid groups (broad SMARTS) is 1. The molecule has 0 bridgehead atoms. The van der Waals surface area contributed by atoms with Crippen molar-refractivity contribution in [3.05, 3.63) is 35.4 Å². The van der Waals surface area contributed by atoms with Crippen LogP contribution in [0.3, 0.4) is 0 Å². The number of hydrogen-bond acceptors (Lipinski definition) is 3. The summed E-state index contributed by atoms with van der Waals surface area (Å²) in [5.41, 5.74) is 7.71. The molecule has 5 nitrogen and oxygen atoms in total. The van der Waals surface area contributed by atoms with Crippen LogP contribution in [0.5, 0.6) is 0 Å². The summed E-state index contributed by atoms with van der Waals surface area (Å²) in [5, 5.41) is 8.55. The highest BCUT2D eigenvalue weighted by Crippen LogP contribution is 2.46. The number of rotatable bonds is 7. The first-order valence-corrected chi connectivity index (χ1v) is 8.07. The standard InChI is InChI=1S/C13H20NO4P/c1-10-4-2-3-5-11(10)8-9-19(17,18)12(14)6-7-13(15)16/h2-5,12H,6-9,14H2,1H3,(H,15,16)(H,17,18). The van der Waals surface area contributed by atoms with Crippen molar-refractivity contribution in [2.45, 2.75) is 32.0 Å². The smallest absolute Gasteiger partial charge is 0.303 e. The van der Waals surface area contributed by atoms with Gasteiger partial charge in [-0.1, -0.05) is 24.3 Å². The highest BCUT2D eigenvalue weighted by atomic mass is 31.2. The van der Waals surface area contributed by atoms with Gasteiger partial charge in [-0.05, 0) is 30.9 Å². The molecule has 0 amide bonds. The Morgan fingerprint density at radius 3 is 2.63 bits per heavy atom. The van der Waals surface area contributed by atoms with E-state index in [9.17, 15) is 14.3 Å². The highest BCUT2D eigenvalue weighted by molar-refractivity contribution is 7.58. The Labute approximate surface area is 112 Å². The van der Waals surface area contributed by atoms with E-state index in [0.29, 0.717) is 6.42 Å². The number of aliphatic carboxylic acids is 1. The van der Waals surface area contributed by atoms with Gasteiger partial charge in [-0.3, -0.25) is 9.36 Å². The third-order valence-electron chi connectivity index (χ3n) is 3.13. The van der Waals surface area contributed by atoms with Crippen LogP contribution in [0.15, 0.2) is 24.3 Å². The number of hydrogen-bond donors (Lipinski definition) is 3. The molecular formula is C13H20NO4P. The molecular weight excluding hydrogens is 265 g/mol. The molecule has 2 unspecified atom stereocenters. The number of carboxylic acids is 1. The van der Waals surface area contributed by atoms with Crippen molar-refractivity contribution in [3.8, 4) is 0 Å². The lowest BCUT2D eigenvalue weighted by Gasteiger charge is -2.19. The van der Waals surface area contributed by atoms with Crippen LogP contribution < -0.4 is 5.73 Å². The molecule has 19 heavy (non-hydrogen) atoms. The third kappa shape index (κ3) is 5.15. The average Bonchev–Trinajstić information content (AvgIpc) is 2.34. The van der Waals surface area contributed by atoms with Crippen molar-refractivity contribution in [3.63, 3.8) is 0 Å². The van der Waals surface area contributed by atoms with Crippen LogP contribution in [0.2, 0.25) is 0 Å². The van der Waals surface area contributed by atoms with Crippen LogP contribution in [-0.4, -0.2) is 27.9 Å². The molecule has 1 aromatic rings. The van der Waals surface area contributed by atoms with Gasteiger partial charge in [0.05, 0.1) is 5.78 Å². The first-order valence-electron chi connectivity index (χ1n) is 6.16. The summed E-state index contributed by atoms with van der Waals surface area (Å²) in [7, 11) is -3.51. The fourth-order valence-corrected chi connectivity index (χ4v) is 3.24. The molecule has 2 atom stereocenters. The van der Waals surface area contributed by atoms with E-state index in [1.807, 2.05) is 31.2 Å². The Morgan fingerprint density at radius 1 is 1.42 bits per heavy atom. The van der Waals surface area contributed by atoms with Gasteiger partial charge in [0.25, 0.3) is 0 Å². The topological polar surface area (TPSA) is 101 Å². The minimum Gasteiger partial charge on any atom is -0.481 e. The highest BCUT2D eigenvalue weighted by Gasteiger charge is 2.27. The summed E-state index contributed by atoms with van der Waals surface area (Å²) in [5.74, 6) is -1.97. The maximum Gasteiger partial charge on any atom is 0.303 e. The van der Waals surface area contributed by atoms with Gasteiger partial charge in [-0.15, -0.1) is 0 Å². The number of aryl methyl sites for hydroxylation is 2. The molecule has 0 saturated carbocycles. The van der Waals surface area contributed by atoms with Crippen molar-refractivity contribution in [1.82, 2.24) is 0 Å². The van der Waals surface area contributed by atoms with Crippen molar-refractivity contribution in [2.24, 2.45) is 5.73 Å². The normalized spacial score (nSPS) is 15.7. The van der Waals surface area contributed by atoms with Gasteiger partial charge in [0.15, 0.2) is 0 Å². The van der Waals surface area contributed by atoms with E-state index in [4.69, 9.17) is 10.8 Å². The predicted molar refractivity (Wildman–Crippen MR) is 74.4 cm³/mol. The second kappa shape index (κ2) is 6.85. The van der Waals surface area contributed by atoms with Gasteiger partial charge in [-0.2, -0.15) is 0 Å². The van der Waals surface area contributed by atoms with Crippen molar-refractivity contribution < 1.29 is 19.4 Å². The minimum atomic E-state index is -3.51. The fourth-order valence-electron chi connectivity index (χ4n) is 1.81. The molecule has 6 heteroatoms. The molecule has 0 saturated heterocycles. The van der Waals surface area contributed by atoms with Crippen LogP contribution in [0.4, 0.5) is 0 Å². The molecule has 0 heterocycles. The molecule has 1 aromatic carbocycles. The van der Waals surface area contributed by atoms with Crippen molar-refractivity contribution >= 4 is 13.3 Å². The molecule has 4 N–H and O–H groups in total. The zero-order valence-corrected chi connectivity index (χ0v) is 11.8. The molecule has 0 aromatic heterocycles. The van der Waals surface area contributed by atoms with E-state index in [1.54, 1.807) is 0 Å². The van der Waals surface area contributed by atoms with E-state index in [0.717, 1.165) is 11.1 Å². The molecule has 1 rings (SSSR count). The van der Waals surface area contributed by atoms with Gasteiger partial charge in [0, 0.05) is 12.6 Å². The molecule has 0 aliphatic carbocycles. The fraction of sp³-hybridized carbons (Fsp3) is 0.462. The minimum absolute atomic E-state index is 0.0247. The second-order valence-corrected chi connectivity index (χ2v) is 7.28. The largest absolute Gasteiger partial charge is 0.481 e. The van der Waals surface area contributed by atoms with Crippen molar-refractivity contribution in [1.29, 1.82) is 0 Å². The molecule has 106 valence electrons. The van der Waals surface area contributed by atoms with E-state index in [1.165, 1.54) is 0 Å². The summed E-state index contributed by atoms with van der Waals surface area (Å²) < 4.78 is 12.0. The van der Waals surface area contributed by atoms with E-state index >= 15 is 0 Å². The van der Waals surface area contributed by atoms with Crippen LogP contribution in [0, 0.1) is 6.92 Å². The quantitative estimate of drug-likeness (QED) is 0.665. The van der Waals surface area contributed by atoms with Crippen LogP contribution in [0.25, 0.3) is 0 Å². The van der Waals surface area contributed by atoms with Crippen LogP contribution >= 0.6 is 7.37 Å². The Balaban J connectivity index is 2.57. The first-order chi connectivity index (χ1) is 8.83. The zero-order chi connectivity index (χ0) is 14.5. The maximum atomic E-state index is 12.0. The summed E-state index contributed by atoms with van der Waals surface area (Å²) >= 11 is 0. The average molecular weight is 285 g/mol. The molecule has 0 aliphatic rings. The summed E-state index contributed by atoms with van der Waals surface area (Å²) in [6, 6.07) is 7.66. The monoisotopic (exact) mass is 285 g/mol. The Hall–Kier alpha value is -1.16. The maximum absolute atomic E-state index is 12.0. The lowest BCUT2D eigenvalue weighted by atomic mass is 10.1. The Bertz CT molecular complexity index is 489. The molecule has 0 radical (unpaired) electrons. The number of benzene rings is 1. The summed E-state index contributed by atoms with van der Waals surface area (Å²) in [6.45, 7) is 1.95. The van der Waals surface area contributed by atoms with Gasteiger partial charge in [0.2, 0.25) is 7.37 Å². The summed E-state index contributed by atoms with van der Waals surface area (Å²) in [6.07, 6.45) is 0.396. The lowest BCUT2D eigenvalue weighted by molar-refractivity contribution is -0.137. The predicted octanol–water partition coefficient (Wildman–Crippen LogP) is 1.96. The van der Waals surface area contributed by atoms with Gasteiger partial charge < -0.3 is 15.7 Å². The Morgan fingerprint density at radius 2 is 2.05 bits per heavy atom. The number of nitrogens with two attached hydrogens (primary N) is 1. The number of carbonyl (C=O) groups is 1. The lowest BCUT2D eigenvalue weighted by Crippen LogP contribution is -2.23. The third-order valence-corrected chi connectivity index (χ3v) is 5.29. The zero-order valence-electron chi connectivity index (χ0n) is 11.0. The van der Waals surface area contributed by atoms with E-state index in [-0.39, 0.29) is 19.0 Å². The van der Waals surface area contributed by atoms with Gasteiger partial charge in [-0.25, -0.2) is 0 Å². The van der Waals surface area contributed by atoms with Crippen LogP contribution in [-0.2, 0) is 15.8 Å². The first kappa shape index (κ1) is 15.9. The SMILES string of the molecule is Cc1ccccc1CCP(=O)(O)C(N)CCC(=O)O. The van der Waals surface area contributed by atoms with Gasteiger partial charge in [0.1, 0.15) is 0 Å². The molecule has 0 fully saturated rings. The molecule has 0 aliphatic heterocycles. The molecule has 0 spiro atoms. The van der Waals surface area contributed by atoms with Gasteiger partial charge >= 0.3 is 5.97 Å². The van der Waals surface area contributed by atoms with E-state index in [2.05, 4.69) is 0 Å². The van der Waals surface area contributed by atoms with E-state index < -0.39 is 19.1 Å². The summed E-state index contributed by atoms with van der Waals surface area (Å²) in [4.78, 5) is 20.3. The van der Waals surface area contributed by atoms with Crippen molar-refractivity contribution in [2.75, 3.05) is 6.16 Å². The second-order valence-electron chi connectivity index (χ2n) is 4.66. The van der Waals surface area contributed by atoms with Crippen LogP contribution in [0.1, 0.15) is 24.0 Å².